The number of benzene rings is 1. The van der Waals surface area contributed by atoms with E-state index in [0.29, 0.717) is 30.2 Å². The number of nitrogens with zero attached hydrogens (tertiary/aromatic N) is 3. The van der Waals surface area contributed by atoms with Gasteiger partial charge in [-0.3, -0.25) is 9.47 Å². The van der Waals surface area contributed by atoms with Crippen LogP contribution in [0.15, 0.2) is 16.9 Å². The summed E-state index contributed by atoms with van der Waals surface area (Å²) in [5.41, 5.74) is 0.282. The molecule has 0 radical (unpaired) electrons. The van der Waals surface area contributed by atoms with Gasteiger partial charge >= 0.3 is 5.69 Å². The number of fused-ring (bicyclic) bond motifs is 3. The third kappa shape index (κ3) is 3.22. The summed E-state index contributed by atoms with van der Waals surface area (Å²) in [4.78, 5) is 18.8. The summed E-state index contributed by atoms with van der Waals surface area (Å²) in [7, 11) is 1.58. The van der Waals surface area contributed by atoms with Gasteiger partial charge in [-0.25, -0.2) is 4.79 Å². The van der Waals surface area contributed by atoms with Crippen LogP contribution in [0.3, 0.4) is 0 Å². The standard InChI is InChI=1S/C18H24N4O4/c1-24-16-14(26-10-2-6-21-8-11-25-12-9-21)4-3-13-15(16)20-18(23)22-7-5-19-17(13)22/h3-4,19H,2,5-12H2,1H3. The number of hydrogen-bond donors (Lipinski definition) is 1. The van der Waals surface area contributed by atoms with Crippen molar-refractivity contribution in [1.82, 2.24) is 14.5 Å². The van der Waals surface area contributed by atoms with Crippen molar-refractivity contribution in [3.63, 3.8) is 0 Å². The molecule has 2 aliphatic heterocycles. The fourth-order valence-electron chi connectivity index (χ4n) is 3.54. The van der Waals surface area contributed by atoms with Gasteiger partial charge in [0.1, 0.15) is 11.3 Å². The van der Waals surface area contributed by atoms with Crippen molar-refractivity contribution in [3.05, 3.63) is 22.6 Å². The highest BCUT2D eigenvalue weighted by Gasteiger charge is 2.20. The molecule has 0 bridgehead atoms. The molecule has 26 heavy (non-hydrogen) atoms. The highest BCUT2D eigenvalue weighted by atomic mass is 16.5. The molecule has 1 N–H and O–H groups in total. The minimum Gasteiger partial charge on any atom is -0.491 e. The van der Waals surface area contributed by atoms with E-state index in [0.717, 1.165) is 57.0 Å². The molecule has 0 spiro atoms. The predicted octanol–water partition coefficient (Wildman–Crippen LogP) is 0.932. The molecule has 1 aromatic heterocycles. The molecule has 0 unspecified atom stereocenters. The first-order valence-corrected chi connectivity index (χ1v) is 9.06. The average molecular weight is 360 g/mol. The number of hydrogen-bond acceptors (Lipinski definition) is 7. The van der Waals surface area contributed by atoms with E-state index in [1.54, 1.807) is 11.7 Å². The second-order valence-electron chi connectivity index (χ2n) is 6.47. The summed E-state index contributed by atoms with van der Waals surface area (Å²) in [5, 5.41) is 4.13. The Morgan fingerprint density at radius 1 is 1.27 bits per heavy atom. The predicted molar refractivity (Wildman–Crippen MR) is 98.4 cm³/mol. The van der Waals surface area contributed by atoms with Crippen molar-refractivity contribution in [2.24, 2.45) is 0 Å². The van der Waals surface area contributed by atoms with Crippen LogP contribution in [0.25, 0.3) is 10.9 Å². The zero-order valence-corrected chi connectivity index (χ0v) is 15.0. The molecule has 0 amide bonds. The van der Waals surface area contributed by atoms with E-state index < -0.39 is 0 Å². The van der Waals surface area contributed by atoms with E-state index in [-0.39, 0.29) is 5.69 Å². The molecule has 8 nitrogen and oxygen atoms in total. The lowest BCUT2D eigenvalue weighted by Gasteiger charge is -2.26. The number of anilines is 1. The maximum absolute atomic E-state index is 12.2. The van der Waals surface area contributed by atoms with Gasteiger partial charge in [0.25, 0.3) is 0 Å². The Labute approximate surface area is 151 Å². The van der Waals surface area contributed by atoms with E-state index in [1.807, 2.05) is 12.1 Å². The monoisotopic (exact) mass is 360 g/mol. The molecule has 3 heterocycles. The molecule has 0 saturated carbocycles. The molecule has 140 valence electrons. The number of morpholine rings is 1. The Bertz CT molecular complexity index is 845. The Morgan fingerprint density at radius 3 is 2.92 bits per heavy atom. The number of nitrogens with one attached hydrogen (secondary N) is 1. The summed E-state index contributed by atoms with van der Waals surface area (Å²) in [5.74, 6) is 1.94. The smallest absolute Gasteiger partial charge is 0.349 e. The summed E-state index contributed by atoms with van der Waals surface area (Å²) in [6.07, 6.45) is 0.920. The van der Waals surface area contributed by atoms with Crippen LogP contribution in [0.5, 0.6) is 11.5 Å². The normalized spacial score (nSPS) is 17.1. The summed E-state index contributed by atoms with van der Waals surface area (Å²) >= 11 is 0. The van der Waals surface area contributed by atoms with Crippen molar-refractivity contribution >= 4 is 16.7 Å². The Morgan fingerprint density at radius 2 is 2.12 bits per heavy atom. The molecule has 4 rings (SSSR count). The number of rotatable bonds is 6. The molecule has 2 aliphatic rings. The molecule has 0 aliphatic carbocycles. The van der Waals surface area contributed by atoms with Gasteiger partial charge in [-0.1, -0.05) is 0 Å². The van der Waals surface area contributed by atoms with Crippen molar-refractivity contribution in [3.8, 4) is 11.5 Å². The first kappa shape index (κ1) is 17.1. The largest absolute Gasteiger partial charge is 0.491 e. The van der Waals surface area contributed by atoms with Crippen molar-refractivity contribution in [2.45, 2.75) is 13.0 Å². The highest BCUT2D eigenvalue weighted by Crippen LogP contribution is 2.37. The Hall–Kier alpha value is -2.32. The summed E-state index contributed by atoms with van der Waals surface area (Å²) < 4.78 is 18.5. The summed E-state index contributed by atoms with van der Waals surface area (Å²) in [6.45, 7) is 6.50. The van der Waals surface area contributed by atoms with Gasteiger partial charge in [0, 0.05) is 38.1 Å². The Kier molecular flexibility index (Phi) is 4.94. The maximum atomic E-state index is 12.2. The fraction of sp³-hybridized carbons (Fsp3) is 0.556. The van der Waals surface area contributed by atoms with Gasteiger partial charge in [-0.05, 0) is 18.6 Å². The molecule has 8 heteroatoms. The lowest BCUT2D eigenvalue weighted by Crippen LogP contribution is -2.37. The van der Waals surface area contributed by atoms with Gasteiger partial charge in [-0.2, -0.15) is 4.98 Å². The van der Waals surface area contributed by atoms with Gasteiger partial charge in [-0.15, -0.1) is 0 Å². The SMILES string of the molecule is COc1c(OCCCN2CCOCC2)ccc2c3n(c(=O)nc12)CCN3. The van der Waals surface area contributed by atoms with Gasteiger partial charge in [0.15, 0.2) is 11.5 Å². The van der Waals surface area contributed by atoms with Gasteiger partial charge < -0.3 is 19.5 Å². The van der Waals surface area contributed by atoms with E-state index >= 15 is 0 Å². The second kappa shape index (κ2) is 7.51. The van der Waals surface area contributed by atoms with Crippen LogP contribution in [-0.4, -0.2) is 67.6 Å². The molecule has 1 aromatic carbocycles. The van der Waals surface area contributed by atoms with Crippen LogP contribution >= 0.6 is 0 Å². The zero-order valence-electron chi connectivity index (χ0n) is 15.0. The second-order valence-corrected chi connectivity index (χ2v) is 6.47. The lowest BCUT2D eigenvalue weighted by molar-refractivity contribution is 0.0357. The summed E-state index contributed by atoms with van der Waals surface area (Å²) in [6, 6.07) is 3.83. The van der Waals surface area contributed by atoms with Crippen molar-refractivity contribution < 1.29 is 14.2 Å². The molecule has 2 aromatic rings. The van der Waals surface area contributed by atoms with Crippen LogP contribution in [0.1, 0.15) is 6.42 Å². The van der Waals surface area contributed by atoms with E-state index in [2.05, 4.69) is 15.2 Å². The number of methoxy groups -OCH3 is 1. The van der Waals surface area contributed by atoms with E-state index in [9.17, 15) is 4.79 Å². The minimum absolute atomic E-state index is 0.264. The average Bonchev–Trinajstić information content (AvgIpc) is 3.16. The van der Waals surface area contributed by atoms with E-state index in [1.165, 1.54) is 0 Å². The van der Waals surface area contributed by atoms with Crippen LogP contribution in [0.2, 0.25) is 0 Å². The van der Waals surface area contributed by atoms with E-state index in [4.69, 9.17) is 14.2 Å². The lowest BCUT2D eigenvalue weighted by atomic mass is 10.2. The van der Waals surface area contributed by atoms with Crippen molar-refractivity contribution in [2.75, 3.05) is 58.4 Å². The first-order chi connectivity index (χ1) is 12.8. The topological polar surface area (TPSA) is 77.8 Å². The molecule has 1 saturated heterocycles. The highest BCUT2D eigenvalue weighted by molar-refractivity contribution is 5.95. The molecule has 0 atom stereocenters. The van der Waals surface area contributed by atoms with Crippen LogP contribution in [0, 0.1) is 0 Å². The minimum atomic E-state index is -0.264. The quantitative estimate of drug-likeness (QED) is 0.768. The van der Waals surface area contributed by atoms with Crippen LogP contribution < -0.4 is 20.5 Å². The molecule has 1 fully saturated rings. The maximum Gasteiger partial charge on any atom is 0.349 e. The Balaban J connectivity index is 1.50. The van der Waals surface area contributed by atoms with Crippen LogP contribution in [-0.2, 0) is 11.3 Å². The molecular formula is C18H24N4O4. The number of ether oxygens (including phenoxy) is 3. The van der Waals surface area contributed by atoms with Gasteiger partial charge in [0.05, 0.1) is 26.9 Å². The van der Waals surface area contributed by atoms with Crippen LogP contribution in [0.4, 0.5) is 5.82 Å². The fourth-order valence-corrected chi connectivity index (χ4v) is 3.54. The third-order valence-electron chi connectivity index (χ3n) is 4.87. The third-order valence-corrected chi connectivity index (χ3v) is 4.87. The van der Waals surface area contributed by atoms with Crippen molar-refractivity contribution in [1.29, 1.82) is 0 Å². The first-order valence-electron chi connectivity index (χ1n) is 9.06. The van der Waals surface area contributed by atoms with Gasteiger partial charge in [0.2, 0.25) is 0 Å². The number of aromatic nitrogens is 2. The molecular weight excluding hydrogens is 336 g/mol. The zero-order chi connectivity index (χ0) is 17.9.